The van der Waals surface area contributed by atoms with Crippen molar-refractivity contribution in [2.24, 2.45) is 0 Å². The molecule has 27 heavy (non-hydrogen) atoms. The molecule has 0 unspecified atom stereocenters. The Morgan fingerprint density at radius 2 is 2.07 bits per heavy atom. The average Bonchev–Trinajstić information content (AvgIpc) is 2.61. The van der Waals surface area contributed by atoms with Gasteiger partial charge in [-0.1, -0.05) is 5.57 Å². The Kier molecular flexibility index (Phi) is 5.04. The predicted molar refractivity (Wildman–Crippen MR) is 106 cm³/mol. The van der Waals surface area contributed by atoms with E-state index in [0.29, 0.717) is 33.8 Å². The molecule has 1 aromatic carbocycles. The first kappa shape index (κ1) is 18.3. The van der Waals surface area contributed by atoms with E-state index in [-0.39, 0.29) is 11.6 Å². The molecule has 0 radical (unpaired) electrons. The summed E-state index contributed by atoms with van der Waals surface area (Å²) in [6.07, 6.45) is 6.49. The fourth-order valence-corrected chi connectivity index (χ4v) is 2.91. The molecule has 1 aromatic heterocycles. The van der Waals surface area contributed by atoms with Gasteiger partial charge in [0.2, 0.25) is 0 Å². The number of nitrogen functional groups attached to an aromatic ring is 1. The SMILES string of the molecule is Cc1c(C#N)cnc(C(=O)Nc2ccc(N)c(C(=N)C=C3CCC3)c2)c1C. The fourth-order valence-electron chi connectivity index (χ4n) is 2.91. The zero-order valence-corrected chi connectivity index (χ0v) is 15.4. The lowest BCUT2D eigenvalue weighted by atomic mass is 9.90. The van der Waals surface area contributed by atoms with Crippen molar-refractivity contribution < 1.29 is 4.79 Å². The van der Waals surface area contributed by atoms with Crippen LogP contribution in [0, 0.1) is 30.6 Å². The van der Waals surface area contributed by atoms with Crippen LogP contribution < -0.4 is 11.1 Å². The van der Waals surface area contributed by atoms with E-state index in [2.05, 4.69) is 16.4 Å². The number of carbonyl (C=O) groups excluding carboxylic acids is 1. The summed E-state index contributed by atoms with van der Waals surface area (Å²) >= 11 is 0. The van der Waals surface area contributed by atoms with Crippen molar-refractivity contribution in [2.45, 2.75) is 33.1 Å². The zero-order valence-electron chi connectivity index (χ0n) is 15.4. The molecule has 0 spiro atoms. The standard InChI is InChI=1S/C21H21N5O/c1-12-13(2)20(25-11-15(12)10-22)21(27)26-16-6-7-18(23)17(9-16)19(24)8-14-4-3-5-14/h6-9,11,24H,3-5,23H2,1-2H3,(H,26,27). The Bertz CT molecular complexity index is 1010. The quantitative estimate of drug-likeness (QED) is 0.567. The summed E-state index contributed by atoms with van der Waals surface area (Å²) in [6.45, 7) is 3.57. The van der Waals surface area contributed by atoms with Gasteiger partial charge in [0.15, 0.2) is 0 Å². The predicted octanol–water partition coefficient (Wildman–Crippen LogP) is 3.88. The van der Waals surface area contributed by atoms with Crippen molar-refractivity contribution in [2.75, 3.05) is 11.1 Å². The highest BCUT2D eigenvalue weighted by molar-refractivity contribution is 6.12. The molecule has 0 saturated heterocycles. The van der Waals surface area contributed by atoms with Crippen LogP contribution in [0.2, 0.25) is 0 Å². The molecule has 3 rings (SSSR count). The van der Waals surface area contributed by atoms with E-state index in [1.807, 2.05) is 6.08 Å². The van der Waals surface area contributed by atoms with Gasteiger partial charge in [0.25, 0.3) is 5.91 Å². The minimum absolute atomic E-state index is 0.275. The average molecular weight is 359 g/mol. The van der Waals surface area contributed by atoms with Crippen LogP contribution in [0.1, 0.15) is 52.0 Å². The lowest BCUT2D eigenvalue weighted by Crippen LogP contribution is -2.17. The smallest absolute Gasteiger partial charge is 0.274 e. The third kappa shape index (κ3) is 3.72. The van der Waals surface area contributed by atoms with Gasteiger partial charge in [-0.05, 0) is 68.5 Å². The van der Waals surface area contributed by atoms with Gasteiger partial charge in [-0.2, -0.15) is 5.26 Å². The van der Waals surface area contributed by atoms with Gasteiger partial charge >= 0.3 is 0 Å². The van der Waals surface area contributed by atoms with Gasteiger partial charge in [0, 0.05) is 23.1 Å². The molecule has 0 bridgehead atoms. The van der Waals surface area contributed by atoms with Crippen LogP contribution in [0.15, 0.2) is 36.0 Å². The first-order valence-electron chi connectivity index (χ1n) is 8.76. The number of amides is 1. The first-order chi connectivity index (χ1) is 12.9. The maximum atomic E-state index is 12.6. The second kappa shape index (κ2) is 7.42. The van der Waals surface area contributed by atoms with Crippen molar-refractivity contribution >= 4 is 23.0 Å². The minimum atomic E-state index is -0.361. The van der Waals surface area contributed by atoms with Crippen LogP contribution in [0.3, 0.4) is 0 Å². The Morgan fingerprint density at radius 1 is 1.33 bits per heavy atom. The summed E-state index contributed by atoms with van der Waals surface area (Å²) in [5, 5.41) is 20.2. The summed E-state index contributed by atoms with van der Waals surface area (Å²) < 4.78 is 0. The topological polar surface area (TPSA) is 116 Å². The third-order valence-corrected chi connectivity index (χ3v) is 4.93. The number of rotatable bonds is 4. The van der Waals surface area contributed by atoms with Gasteiger partial charge < -0.3 is 16.5 Å². The Balaban J connectivity index is 1.85. The number of aromatic nitrogens is 1. The molecule has 136 valence electrons. The molecule has 0 aliphatic heterocycles. The first-order valence-corrected chi connectivity index (χ1v) is 8.76. The van der Waals surface area contributed by atoms with Crippen molar-refractivity contribution in [1.82, 2.24) is 4.98 Å². The number of nitrogens with one attached hydrogen (secondary N) is 2. The largest absolute Gasteiger partial charge is 0.398 e. The number of allylic oxidation sites excluding steroid dienone is 2. The zero-order chi connectivity index (χ0) is 19.6. The molecule has 4 N–H and O–H groups in total. The van der Waals surface area contributed by atoms with Crippen molar-refractivity contribution in [1.29, 1.82) is 10.7 Å². The van der Waals surface area contributed by atoms with Crippen LogP contribution in [0.25, 0.3) is 0 Å². The maximum Gasteiger partial charge on any atom is 0.274 e. The number of benzene rings is 1. The highest BCUT2D eigenvalue weighted by Crippen LogP contribution is 2.27. The van der Waals surface area contributed by atoms with Crippen molar-refractivity contribution in [3.05, 3.63) is 64.0 Å². The van der Waals surface area contributed by atoms with E-state index >= 15 is 0 Å². The number of pyridine rings is 1. The summed E-state index contributed by atoms with van der Waals surface area (Å²) in [4.78, 5) is 16.8. The minimum Gasteiger partial charge on any atom is -0.398 e. The fraction of sp³-hybridized carbons (Fsp3) is 0.238. The lowest BCUT2D eigenvalue weighted by Gasteiger charge is -2.17. The van der Waals surface area contributed by atoms with E-state index in [4.69, 9.17) is 16.4 Å². The van der Waals surface area contributed by atoms with Gasteiger partial charge in [-0.25, -0.2) is 4.98 Å². The number of hydrogen-bond donors (Lipinski definition) is 3. The Hall–Kier alpha value is -3.46. The molecule has 0 atom stereocenters. The van der Waals surface area contributed by atoms with Gasteiger partial charge in [0.05, 0.1) is 11.3 Å². The number of nitrogens with zero attached hydrogens (tertiary/aromatic N) is 2. The molecular formula is C21H21N5O. The van der Waals surface area contributed by atoms with E-state index in [1.165, 1.54) is 18.2 Å². The van der Waals surface area contributed by atoms with Crippen molar-refractivity contribution in [3.63, 3.8) is 0 Å². The molecule has 1 saturated carbocycles. The summed E-state index contributed by atoms with van der Waals surface area (Å²) in [7, 11) is 0. The van der Waals surface area contributed by atoms with Gasteiger partial charge in [-0.3, -0.25) is 4.79 Å². The summed E-state index contributed by atoms with van der Waals surface area (Å²) in [6, 6.07) is 7.16. The van der Waals surface area contributed by atoms with E-state index in [0.717, 1.165) is 18.4 Å². The number of carbonyl (C=O) groups is 1. The third-order valence-electron chi connectivity index (χ3n) is 4.93. The maximum absolute atomic E-state index is 12.6. The lowest BCUT2D eigenvalue weighted by molar-refractivity contribution is 0.102. The van der Waals surface area contributed by atoms with Crippen LogP contribution in [-0.2, 0) is 0 Å². The van der Waals surface area contributed by atoms with Gasteiger partial charge in [-0.15, -0.1) is 0 Å². The van der Waals surface area contributed by atoms with E-state index in [1.54, 1.807) is 32.0 Å². The summed E-state index contributed by atoms with van der Waals surface area (Å²) in [5.41, 5.74) is 11.4. The van der Waals surface area contributed by atoms with Gasteiger partial charge in [0.1, 0.15) is 11.8 Å². The molecular weight excluding hydrogens is 338 g/mol. The second-order valence-electron chi connectivity index (χ2n) is 6.71. The summed E-state index contributed by atoms with van der Waals surface area (Å²) in [5.74, 6) is -0.361. The van der Waals surface area contributed by atoms with Crippen LogP contribution in [-0.4, -0.2) is 16.6 Å². The molecule has 6 nitrogen and oxygen atoms in total. The molecule has 1 heterocycles. The van der Waals surface area contributed by atoms with Crippen molar-refractivity contribution in [3.8, 4) is 6.07 Å². The normalized spacial score (nSPS) is 12.7. The molecule has 6 heteroatoms. The molecule has 2 aromatic rings. The molecule has 1 aliphatic carbocycles. The van der Waals surface area contributed by atoms with E-state index < -0.39 is 0 Å². The van der Waals surface area contributed by atoms with Crippen LogP contribution >= 0.6 is 0 Å². The number of nitrogens with two attached hydrogens (primary N) is 1. The highest BCUT2D eigenvalue weighted by Gasteiger charge is 2.16. The van der Waals surface area contributed by atoms with E-state index in [9.17, 15) is 4.79 Å². The highest BCUT2D eigenvalue weighted by atomic mass is 16.1. The molecule has 1 amide bonds. The second-order valence-corrected chi connectivity index (χ2v) is 6.71. The molecule has 1 fully saturated rings. The Labute approximate surface area is 158 Å². The number of hydrogen-bond acceptors (Lipinski definition) is 5. The Morgan fingerprint density at radius 3 is 2.70 bits per heavy atom. The number of nitriles is 1. The van der Waals surface area contributed by atoms with Crippen LogP contribution in [0.5, 0.6) is 0 Å². The molecule has 1 aliphatic rings. The monoisotopic (exact) mass is 359 g/mol. The van der Waals surface area contributed by atoms with Crippen LogP contribution in [0.4, 0.5) is 11.4 Å². The number of anilines is 2.